The summed E-state index contributed by atoms with van der Waals surface area (Å²) >= 11 is 0. The normalized spacial score (nSPS) is 13.4. The molecular weight excluding hydrogens is 2140 g/mol. The molecular formula is C95H170O40Ta2. The van der Waals surface area contributed by atoms with Gasteiger partial charge in [0.15, 0.2) is 0 Å². The Balaban J connectivity index is -0.000000307. The third kappa shape index (κ3) is 31.2. The first kappa shape index (κ1) is 145. The van der Waals surface area contributed by atoms with Gasteiger partial charge in [-0.1, -0.05) is 138 Å². The summed E-state index contributed by atoms with van der Waals surface area (Å²) in [7, 11) is 0. The van der Waals surface area contributed by atoms with Crippen molar-refractivity contribution in [3.63, 3.8) is 0 Å². The van der Waals surface area contributed by atoms with E-state index in [2.05, 4.69) is 0 Å². The van der Waals surface area contributed by atoms with Crippen molar-refractivity contribution in [2.24, 2.45) is 54.1 Å². The van der Waals surface area contributed by atoms with Gasteiger partial charge in [-0.2, -0.15) is 0 Å². The summed E-state index contributed by atoms with van der Waals surface area (Å²) < 4.78 is 118. The average Bonchev–Trinajstić information content (AvgIpc) is 0.733. The van der Waals surface area contributed by atoms with Gasteiger partial charge in [0.05, 0.1) is 0 Å². The Morgan fingerprint density at radius 2 is 0.226 bits per heavy atom. The van der Waals surface area contributed by atoms with Crippen molar-refractivity contribution in [3.05, 3.63) is 0 Å². The number of aliphatic carboxylic acids is 10. The second-order valence-corrected chi connectivity index (χ2v) is 35.9. The van der Waals surface area contributed by atoms with Gasteiger partial charge in [-0.15, -0.1) is 0 Å². The van der Waals surface area contributed by atoms with Gasteiger partial charge in [0.2, 0.25) is 57.9 Å². The minimum atomic E-state index is -1.93. The van der Waals surface area contributed by atoms with Crippen molar-refractivity contribution in [1.82, 2.24) is 0 Å². The molecule has 0 saturated carbocycles. The molecule has 0 saturated heterocycles. The van der Waals surface area contributed by atoms with Crippen molar-refractivity contribution in [3.8, 4) is 0 Å². The predicted octanol–water partition coefficient (Wildman–Crippen LogP) is 2.33. The van der Waals surface area contributed by atoms with E-state index in [-0.39, 0.29) is 177 Å². The zero-order valence-corrected chi connectivity index (χ0v) is 96.3. The van der Waals surface area contributed by atoms with Gasteiger partial charge in [0.25, 0.3) is 0 Å². The van der Waals surface area contributed by atoms with Crippen LogP contribution in [-0.4, -0.2) is 250 Å². The third-order valence-electron chi connectivity index (χ3n) is 26.1. The molecule has 0 radical (unpaired) electrons. The summed E-state index contributed by atoms with van der Waals surface area (Å²) in [6, 6.07) is 0. The van der Waals surface area contributed by atoms with Crippen molar-refractivity contribution >= 4 is 59.7 Å². The molecule has 0 aliphatic rings. The Labute approximate surface area is 846 Å². The van der Waals surface area contributed by atoms with Crippen LogP contribution in [0.25, 0.3) is 0 Å². The van der Waals surface area contributed by atoms with E-state index in [4.69, 9.17) is 94.7 Å². The molecule has 0 aliphatic heterocycles. The van der Waals surface area contributed by atoms with Gasteiger partial charge in [-0.3, -0.25) is 0 Å². The zero-order chi connectivity index (χ0) is 108. The van der Waals surface area contributed by atoms with E-state index in [1.165, 1.54) is 69.2 Å². The molecule has 0 unspecified atom stereocenters. The van der Waals surface area contributed by atoms with E-state index < -0.39 is 204 Å². The van der Waals surface area contributed by atoms with Crippen LogP contribution in [0.5, 0.6) is 0 Å². The minimum Gasteiger partial charge on any atom is -0.550 e. The first-order valence-corrected chi connectivity index (χ1v) is 46.6. The van der Waals surface area contributed by atoms with Crippen molar-refractivity contribution in [1.29, 1.82) is 0 Å². The molecule has 0 heterocycles. The Hall–Kier alpha value is -4.62. The summed E-state index contributed by atoms with van der Waals surface area (Å²) in [6.07, 6.45) is -3.54. The minimum absolute atomic E-state index is 0. The van der Waals surface area contributed by atoms with Crippen LogP contribution in [0.2, 0.25) is 0 Å². The monoisotopic (exact) mass is 2310 g/mol. The van der Waals surface area contributed by atoms with E-state index in [1.807, 2.05) is 0 Å². The molecule has 0 fully saturated rings. The molecule has 0 rings (SSSR count). The molecule has 0 aromatic rings. The van der Waals surface area contributed by atoms with Gasteiger partial charge < -0.3 is 194 Å². The first-order valence-electron chi connectivity index (χ1n) is 46.6. The van der Waals surface area contributed by atoms with Gasteiger partial charge >= 0.3 is 44.8 Å². The average molecular weight is 2310 g/mol. The van der Waals surface area contributed by atoms with Gasteiger partial charge in [-0.25, -0.2) is 0 Å². The topological polar surface area (TPSA) is 586 Å². The number of rotatable bonds is 70. The maximum Gasteiger partial charge on any atom is 5.00 e. The number of carbonyl (C=O) groups excluding carboxylic acids is 10. The van der Waals surface area contributed by atoms with Gasteiger partial charge in [0.1, 0.15) is 0 Å². The number of carbonyl (C=O) groups is 10. The number of hydrogen-bond acceptors (Lipinski definition) is 40. The van der Waals surface area contributed by atoms with E-state index in [9.17, 15) is 99.0 Å². The summed E-state index contributed by atoms with van der Waals surface area (Å²) in [4.78, 5) is 118. The second kappa shape index (κ2) is 61.6. The smallest absolute Gasteiger partial charge is 0.550 e. The maximum absolute atomic E-state index is 12.0. The number of carboxylic acid groups (broad SMARTS) is 10. The number of hydrogen-bond donors (Lipinski definition) is 0. The Morgan fingerprint density at radius 1 is 0.153 bits per heavy atom. The first-order chi connectivity index (χ1) is 61.8. The summed E-state index contributed by atoms with van der Waals surface area (Å²) in [6.45, 7) is 66.2. The quantitative estimate of drug-likeness (QED) is 0.0788. The second-order valence-electron chi connectivity index (χ2n) is 35.9. The van der Waals surface area contributed by atoms with Crippen LogP contribution < -0.4 is 51.1 Å². The molecule has 0 N–H and O–H groups in total. The van der Waals surface area contributed by atoms with Crippen molar-refractivity contribution < 1.29 is 239 Å². The van der Waals surface area contributed by atoms with Crippen LogP contribution >= 0.6 is 0 Å². The zero-order valence-electron chi connectivity index (χ0n) is 89.9. The van der Waals surface area contributed by atoms with E-state index >= 15 is 0 Å². The third-order valence-corrected chi connectivity index (χ3v) is 26.1. The van der Waals surface area contributed by atoms with Crippen LogP contribution in [0.3, 0.4) is 0 Å². The van der Waals surface area contributed by atoms with E-state index in [1.54, 1.807) is 208 Å². The summed E-state index contributed by atoms with van der Waals surface area (Å²) in [5.74, 6) is -33.0. The molecule has 0 amide bonds. The Morgan fingerprint density at radius 3 is 0.277 bits per heavy atom. The molecule has 0 aromatic heterocycles. The van der Waals surface area contributed by atoms with Crippen LogP contribution in [0.15, 0.2) is 0 Å². The van der Waals surface area contributed by atoms with Crippen LogP contribution in [0, 0.1) is 54.1 Å². The number of carboxylic acids is 10. The number of ether oxygens (including phenoxy) is 20. The SMILES string of the molecule is CCOC(CC(=O)[O-])(OCC)C(OCC)(OCC)C(C)(C)C(C)(C)C(=O)[O-].CCOC(CC(=O)[O-])(OCC)C(OCC)(OCC)C(C)(C)C(C)(C)C(=O)[O-].CCOC(CC(=O)[O-])(OCC)C(OCC)(OCC)C(C)(C)C(C)(C)C(=O)[O-].CCOC(CC(=O)[O-])(OCC)C(OCC)(OCC)C(C)(C)C(C)(C)C(=O)[O-].CCOC(CC(=O)[O-])(OCC)C(OCC)(OCC)C(C)(C)C(C)(C)C(=O)[O-].[Ta+5].[Ta+5]. The molecule has 0 spiro atoms. The fraction of sp³-hybridized carbons (Fsp3) is 0.895. The molecule has 40 nitrogen and oxygen atoms in total. The van der Waals surface area contributed by atoms with Gasteiger partial charge in [0, 0.05) is 278 Å². The van der Waals surface area contributed by atoms with Crippen LogP contribution in [-0.2, 0) is 187 Å². The fourth-order valence-electron chi connectivity index (χ4n) is 16.4. The largest absolute Gasteiger partial charge is 5.00 e. The summed E-state index contributed by atoms with van der Waals surface area (Å²) in [5.41, 5.74) is -14.2. The maximum atomic E-state index is 12.0. The Kier molecular flexibility index (Phi) is 65.4. The molecule has 137 heavy (non-hydrogen) atoms. The molecule has 42 heteroatoms. The van der Waals surface area contributed by atoms with Crippen molar-refractivity contribution in [2.45, 2.75) is 367 Å². The van der Waals surface area contributed by atoms with Crippen LogP contribution in [0.1, 0.15) is 309 Å². The molecule has 0 aliphatic carbocycles. The summed E-state index contributed by atoms with van der Waals surface area (Å²) in [5, 5.41) is 118. The fourth-order valence-corrected chi connectivity index (χ4v) is 16.4. The molecule has 0 atom stereocenters. The van der Waals surface area contributed by atoms with Crippen molar-refractivity contribution in [2.75, 3.05) is 132 Å². The molecule has 0 aromatic carbocycles. The predicted molar refractivity (Wildman–Crippen MR) is 471 cm³/mol. The van der Waals surface area contributed by atoms with E-state index in [0.29, 0.717) is 0 Å². The van der Waals surface area contributed by atoms with Gasteiger partial charge in [-0.05, 0) is 138 Å². The standard InChI is InChI=1S/5C19H36O8.2Ta/c5*1-9-24-18(25-10-2,13-14(20)21)19(26-11-3,27-12-4)17(7,8)16(5,6)15(22)23;;/h5*9-13H2,1-8H3,(H,20,21)(H,22,23);;/q;;;;;2*+5/p-10. The molecule has 0 bridgehead atoms. The molecule has 800 valence electrons. The van der Waals surface area contributed by atoms with Crippen LogP contribution in [0.4, 0.5) is 0 Å². The van der Waals surface area contributed by atoms with E-state index in [0.717, 1.165) is 0 Å². The Bertz CT molecular complexity index is 2970.